The minimum absolute atomic E-state index is 0.227. The molecule has 0 spiro atoms. The Hall–Kier alpha value is -2.49. The van der Waals surface area contributed by atoms with E-state index in [2.05, 4.69) is 12.2 Å². The summed E-state index contributed by atoms with van der Waals surface area (Å²) in [6, 6.07) is 12.9. The maximum Gasteiger partial charge on any atom is 0.259 e. The van der Waals surface area contributed by atoms with Crippen LogP contribution in [0.3, 0.4) is 0 Å². The second-order valence-electron chi connectivity index (χ2n) is 4.66. The van der Waals surface area contributed by atoms with E-state index in [1.807, 2.05) is 31.2 Å². The number of rotatable bonds is 5. The highest BCUT2D eigenvalue weighted by atomic mass is 16.5. The highest BCUT2D eigenvalue weighted by Crippen LogP contribution is 2.27. The van der Waals surface area contributed by atoms with Gasteiger partial charge in [-0.2, -0.15) is 0 Å². The van der Waals surface area contributed by atoms with Crippen molar-refractivity contribution in [1.82, 2.24) is 0 Å². The van der Waals surface area contributed by atoms with E-state index < -0.39 is 0 Å². The van der Waals surface area contributed by atoms with Gasteiger partial charge in [0.15, 0.2) is 5.75 Å². The van der Waals surface area contributed by atoms with Crippen LogP contribution in [0.4, 0.5) is 11.4 Å². The van der Waals surface area contributed by atoms with E-state index in [1.165, 1.54) is 5.56 Å². The van der Waals surface area contributed by atoms with Gasteiger partial charge in [-0.15, -0.1) is 0 Å². The average molecular weight is 284 g/mol. The highest BCUT2D eigenvalue weighted by Gasteiger charge is 2.15. The summed E-state index contributed by atoms with van der Waals surface area (Å²) < 4.78 is 5.48. The molecule has 0 atom stereocenters. The molecule has 0 unspecified atom stereocenters. The van der Waals surface area contributed by atoms with Crippen molar-refractivity contribution in [3.05, 3.63) is 53.6 Å². The van der Waals surface area contributed by atoms with Crippen LogP contribution in [-0.4, -0.2) is 12.5 Å². The number of anilines is 2. The van der Waals surface area contributed by atoms with E-state index in [1.54, 1.807) is 18.2 Å². The van der Waals surface area contributed by atoms with Crippen molar-refractivity contribution in [2.24, 2.45) is 0 Å². The number of carbonyl (C=O) groups is 1. The van der Waals surface area contributed by atoms with Gasteiger partial charge >= 0.3 is 0 Å². The molecule has 0 aromatic heterocycles. The highest BCUT2D eigenvalue weighted by molar-refractivity contribution is 6.07. The predicted molar refractivity (Wildman–Crippen MR) is 85.8 cm³/mol. The Labute approximate surface area is 124 Å². The molecule has 2 rings (SSSR count). The number of nitrogens with one attached hydrogen (secondary N) is 1. The van der Waals surface area contributed by atoms with E-state index in [0.29, 0.717) is 23.6 Å². The first-order valence-electron chi connectivity index (χ1n) is 7.07. The summed E-state index contributed by atoms with van der Waals surface area (Å²) >= 11 is 0. The number of nitrogen functional groups attached to an aromatic ring is 1. The van der Waals surface area contributed by atoms with Gasteiger partial charge in [0.25, 0.3) is 5.91 Å². The summed E-state index contributed by atoms with van der Waals surface area (Å²) in [5, 5.41) is 2.86. The van der Waals surface area contributed by atoms with Crippen LogP contribution in [0.15, 0.2) is 42.5 Å². The third-order valence-corrected chi connectivity index (χ3v) is 3.20. The first-order valence-corrected chi connectivity index (χ1v) is 7.07. The number of amides is 1. The summed E-state index contributed by atoms with van der Waals surface area (Å²) in [4.78, 5) is 12.4. The van der Waals surface area contributed by atoms with Crippen LogP contribution in [0.2, 0.25) is 0 Å². The van der Waals surface area contributed by atoms with Crippen LogP contribution in [0.25, 0.3) is 0 Å². The Kier molecular flexibility index (Phi) is 4.82. The third kappa shape index (κ3) is 3.54. The van der Waals surface area contributed by atoms with Crippen molar-refractivity contribution in [3.8, 4) is 5.75 Å². The molecule has 21 heavy (non-hydrogen) atoms. The van der Waals surface area contributed by atoms with Crippen molar-refractivity contribution >= 4 is 17.3 Å². The molecule has 110 valence electrons. The zero-order chi connectivity index (χ0) is 15.2. The van der Waals surface area contributed by atoms with Crippen LogP contribution >= 0.6 is 0 Å². The lowest BCUT2D eigenvalue weighted by Crippen LogP contribution is -2.14. The molecule has 1 amide bonds. The Morgan fingerprint density at radius 2 is 1.86 bits per heavy atom. The second-order valence-corrected chi connectivity index (χ2v) is 4.66. The summed E-state index contributed by atoms with van der Waals surface area (Å²) in [6.45, 7) is 4.41. The summed E-state index contributed by atoms with van der Waals surface area (Å²) in [5.74, 6) is 0.206. The molecule has 0 aliphatic rings. The van der Waals surface area contributed by atoms with E-state index in [-0.39, 0.29) is 5.91 Å². The lowest BCUT2D eigenvalue weighted by atomic mass is 10.1. The van der Waals surface area contributed by atoms with Crippen LogP contribution in [0.5, 0.6) is 5.75 Å². The minimum Gasteiger partial charge on any atom is -0.491 e. The summed E-state index contributed by atoms with van der Waals surface area (Å²) in [6.07, 6.45) is 0.970. The molecule has 0 aliphatic carbocycles. The molecule has 4 nitrogen and oxygen atoms in total. The molecule has 0 heterocycles. The summed E-state index contributed by atoms with van der Waals surface area (Å²) in [5.41, 5.74) is 8.76. The standard InChI is InChI=1S/C17H20N2O2/c1-3-12-8-10-13(11-9-12)19-17(20)14-6-5-7-15(18)16(14)21-4-2/h5-11H,3-4,18H2,1-2H3,(H,19,20). The molecule has 0 radical (unpaired) electrons. The number of hydrogen-bond donors (Lipinski definition) is 2. The van der Waals surface area contributed by atoms with Crippen molar-refractivity contribution in [3.63, 3.8) is 0 Å². The lowest BCUT2D eigenvalue weighted by molar-refractivity contribution is 0.102. The average Bonchev–Trinajstić information content (AvgIpc) is 2.50. The van der Waals surface area contributed by atoms with E-state index in [4.69, 9.17) is 10.5 Å². The van der Waals surface area contributed by atoms with Gasteiger partial charge in [-0.05, 0) is 43.2 Å². The molecule has 4 heteroatoms. The van der Waals surface area contributed by atoms with Gasteiger partial charge in [0, 0.05) is 5.69 Å². The fourth-order valence-electron chi connectivity index (χ4n) is 2.06. The topological polar surface area (TPSA) is 64.3 Å². The van der Waals surface area contributed by atoms with Gasteiger partial charge in [-0.1, -0.05) is 25.1 Å². The minimum atomic E-state index is -0.227. The van der Waals surface area contributed by atoms with Crippen molar-refractivity contribution < 1.29 is 9.53 Å². The third-order valence-electron chi connectivity index (χ3n) is 3.20. The first-order chi connectivity index (χ1) is 10.2. The number of hydrogen-bond acceptors (Lipinski definition) is 3. The number of carbonyl (C=O) groups excluding carboxylic acids is 1. The number of ether oxygens (including phenoxy) is 1. The Bertz CT molecular complexity index is 621. The molecular formula is C17H20N2O2. The van der Waals surface area contributed by atoms with Crippen molar-refractivity contribution in [1.29, 1.82) is 0 Å². The SMILES string of the molecule is CCOc1c(N)cccc1C(=O)Nc1ccc(CC)cc1. The first kappa shape index (κ1) is 14.9. The summed E-state index contributed by atoms with van der Waals surface area (Å²) in [7, 11) is 0. The Morgan fingerprint density at radius 1 is 1.14 bits per heavy atom. The Morgan fingerprint density at radius 3 is 2.48 bits per heavy atom. The van der Waals surface area contributed by atoms with Crippen LogP contribution in [-0.2, 0) is 6.42 Å². The maximum atomic E-state index is 12.4. The van der Waals surface area contributed by atoms with Crippen LogP contribution in [0, 0.1) is 0 Å². The quantitative estimate of drug-likeness (QED) is 0.826. The lowest BCUT2D eigenvalue weighted by Gasteiger charge is -2.12. The zero-order valence-corrected chi connectivity index (χ0v) is 12.3. The van der Waals surface area contributed by atoms with E-state index in [9.17, 15) is 4.79 Å². The van der Waals surface area contributed by atoms with E-state index in [0.717, 1.165) is 12.1 Å². The van der Waals surface area contributed by atoms with Gasteiger partial charge in [0.05, 0.1) is 17.9 Å². The maximum absolute atomic E-state index is 12.4. The number of para-hydroxylation sites is 1. The second kappa shape index (κ2) is 6.79. The van der Waals surface area contributed by atoms with Gasteiger partial charge < -0.3 is 15.8 Å². The zero-order valence-electron chi connectivity index (χ0n) is 12.3. The fraction of sp³-hybridized carbons (Fsp3) is 0.235. The molecule has 0 fully saturated rings. The number of aryl methyl sites for hydroxylation is 1. The van der Waals surface area contributed by atoms with Crippen LogP contribution in [0.1, 0.15) is 29.8 Å². The van der Waals surface area contributed by atoms with Crippen molar-refractivity contribution in [2.45, 2.75) is 20.3 Å². The molecule has 0 saturated heterocycles. The molecular weight excluding hydrogens is 264 g/mol. The molecule has 0 bridgehead atoms. The van der Waals surface area contributed by atoms with Gasteiger partial charge in [0.1, 0.15) is 0 Å². The predicted octanol–water partition coefficient (Wildman–Crippen LogP) is 3.48. The monoisotopic (exact) mass is 284 g/mol. The van der Waals surface area contributed by atoms with Crippen molar-refractivity contribution in [2.75, 3.05) is 17.7 Å². The number of nitrogens with two attached hydrogens (primary N) is 1. The Balaban J connectivity index is 2.21. The van der Waals surface area contributed by atoms with Gasteiger partial charge in [-0.25, -0.2) is 0 Å². The normalized spacial score (nSPS) is 10.2. The molecule has 3 N–H and O–H groups in total. The molecule has 2 aromatic rings. The van der Waals surface area contributed by atoms with Gasteiger partial charge in [-0.3, -0.25) is 4.79 Å². The number of benzene rings is 2. The van der Waals surface area contributed by atoms with Gasteiger partial charge in [0.2, 0.25) is 0 Å². The van der Waals surface area contributed by atoms with E-state index >= 15 is 0 Å². The molecule has 2 aromatic carbocycles. The fourth-order valence-corrected chi connectivity index (χ4v) is 2.06. The van der Waals surface area contributed by atoms with Crippen LogP contribution < -0.4 is 15.8 Å². The smallest absolute Gasteiger partial charge is 0.259 e. The largest absolute Gasteiger partial charge is 0.491 e. The molecule has 0 aliphatic heterocycles. The molecule has 0 saturated carbocycles.